The standard InChI is InChI=1S/C30H26BrF3N2O5/c1-39-25-10-5-20(6-11-25)19-40-35-27(22-7-12-26(13-8-22)41-30(32,33)34)16-28(37)23-9-14-29(38)36(18-23)17-21-3-2-4-24(31)15-21/h2-15,18,28,37H,16-17,19H2,1H3. The Morgan fingerprint density at radius 3 is 2.34 bits per heavy atom. The second-order valence-corrected chi connectivity index (χ2v) is 9.93. The first-order chi connectivity index (χ1) is 19.6. The topological polar surface area (TPSA) is 82.3 Å². The van der Waals surface area contributed by atoms with E-state index in [4.69, 9.17) is 9.57 Å². The number of rotatable bonds is 11. The van der Waals surface area contributed by atoms with Crippen molar-refractivity contribution in [3.63, 3.8) is 0 Å². The van der Waals surface area contributed by atoms with Crippen LogP contribution in [0, 0.1) is 0 Å². The molecule has 1 atom stereocenters. The molecule has 0 saturated carbocycles. The summed E-state index contributed by atoms with van der Waals surface area (Å²) in [6.45, 7) is 0.405. The van der Waals surface area contributed by atoms with Crippen molar-refractivity contribution < 1.29 is 32.6 Å². The normalized spacial score (nSPS) is 12.6. The molecule has 4 aromatic rings. The quantitative estimate of drug-likeness (QED) is 0.149. The molecule has 0 bridgehead atoms. The largest absolute Gasteiger partial charge is 0.573 e. The minimum atomic E-state index is -4.82. The van der Waals surface area contributed by atoms with Crippen LogP contribution in [0.25, 0.3) is 0 Å². The number of hydrogen-bond donors (Lipinski definition) is 1. The number of oxime groups is 1. The van der Waals surface area contributed by atoms with Gasteiger partial charge in [0.1, 0.15) is 18.1 Å². The lowest BCUT2D eigenvalue weighted by Crippen LogP contribution is -2.21. The molecule has 41 heavy (non-hydrogen) atoms. The van der Waals surface area contributed by atoms with E-state index in [1.165, 1.54) is 28.8 Å². The van der Waals surface area contributed by atoms with Gasteiger partial charge in [-0.15, -0.1) is 13.2 Å². The lowest BCUT2D eigenvalue weighted by atomic mass is 10.0. The molecule has 0 radical (unpaired) electrons. The fraction of sp³-hybridized carbons (Fsp3) is 0.200. The summed E-state index contributed by atoms with van der Waals surface area (Å²) in [6.07, 6.45) is -4.39. The number of benzene rings is 3. The Labute approximate surface area is 242 Å². The molecular formula is C30H26BrF3N2O5. The molecule has 214 valence electrons. The van der Waals surface area contributed by atoms with Crippen molar-refractivity contribution >= 4 is 21.6 Å². The Morgan fingerprint density at radius 1 is 0.976 bits per heavy atom. The molecule has 1 heterocycles. The zero-order valence-electron chi connectivity index (χ0n) is 21.8. The van der Waals surface area contributed by atoms with Gasteiger partial charge in [-0.25, -0.2) is 0 Å². The maximum absolute atomic E-state index is 12.6. The Kier molecular flexibility index (Phi) is 9.85. The highest BCUT2D eigenvalue weighted by molar-refractivity contribution is 9.10. The van der Waals surface area contributed by atoms with Gasteiger partial charge in [0.15, 0.2) is 0 Å². The number of alkyl halides is 3. The average molecular weight is 631 g/mol. The number of methoxy groups -OCH3 is 1. The van der Waals surface area contributed by atoms with E-state index < -0.39 is 12.5 Å². The van der Waals surface area contributed by atoms with Crippen LogP contribution in [-0.2, 0) is 18.0 Å². The summed E-state index contributed by atoms with van der Waals surface area (Å²) in [5.74, 6) is 0.295. The Hall–Kier alpha value is -4.09. The van der Waals surface area contributed by atoms with Gasteiger partial charge in [0.05, 0.1) is 25.5 Å². The summed E-state index contributed by atoms with van der Waals surface area (Å²) >= 11 is 3.42. The molecule has 0 aliphatic carbocycles. The van der Waals surface area contributed by atoms with Gasteiger partial charge in [-0.2, -0.15) is 0 Å². The van der Waals surface area contributed by atoms with Crippen LogP contribution in [0.4, 0.5) is 13.2 Å². The van der Waals surface area contributed by atoms with Gasteiger partial charge in [0.2, 0.25) is 0 Å². The van der Waals surface area contributed by atoms with Crippen LogP contribution in [0.2, 0.25) is 0 Å². The summed E-state index contributed by atoms with van der Waals surface area (Å²) in [6, 6.07) is 22.7. The van der Waals surface area contributed by atoms with Crippen LogP contribution in [0.5, 0.6) is 11.5 Å². The van der Waals surface area contributed by atoms with Crippen LogP contribution in [0.3, 0.4) is 0 Å². The molecular weight excluding hydrogens is 605 g/mol. The van der Waals surface area contributed by atoms with Gasteiger partial charge in [-0.1, -0.05) is 45.4 Å². The maximum Gasteiger partial charge on any atom is 0.573 e. The fourth-order valence-corrected chi connectivity index (χ4v) is 4.41. The Balaban J connectivity index is 1.56. The van der Waals surface area contributed by atoms with Crippen LogP contribution >= 0.6 is 15.9 Å². The lowest BCUT2D eigenvalue weighted by molar-refractivity contribution is -0.274. The number of hydrogen-bond acceptors (Lipinski definition) is 6. The highest BCUT2D eigenvalue weighted by Gasteiger charge is 2.31. The average Bonchev–Trinajstić information content (AvgIpc) is 2.93. The molecule has 7 nitrogen and oxygen atoms in total. The van der Waals surface area contributed by atoms with E-state index in [1.807, 2.05) is 24.3 Å². The molecule has 0 aliphatic heterocycles. The number of ether oxygens (including phenoxy) is 2. The first-order valence-electron chi connectivity index (χ1n) is 12.4. The van der Waals surface area contributed by atoms with E-state index in [1.54, 1.807) is 37.6 Å². The van der Waals surface area contributed by atoms with Crippen molar-refractivity contribution in [1.82, 2.24) is 4.57 Å². The van der Waals surface area contributed by atoms with E-state index in [0.717, 1.165) is 27.7 Å². The summed E-state index contributed by atoms with van der Waals surface area (Å²) in [4.78, 5) is 18.1. The number of aromatic nitrogens is 1. The van der Waals surface area contributed by atoms with E-state index in [2.05, 4.69) is 25.8 Å². The highest BCUT2D eigenvalue weighted by atomic mass is 79.9. The summed E-state index contributed by atoms with van der Waals surface area (Å²) in [5.41, 5.74) is 2.63. The van der Waals surface area contributed by atoms with Gasteiger partial charge in [0, 0.05) is 23.2 Å². The maximum atomic E-state index is 12.6. The molecule has 0 fully saturated rings. The van der Waals surface area contributed by atoms with E-state index in [0.29, 0.717) is 23.4 Å². The first kappa shape index (κ1) is 29.9. The second-order valence-electron chi connectivity index (χ2n) is 9.01. The summed E-state index contributed by atoms with van der Waals surface area (Å²) in [7, 11) is 1.56. The predicted molar refractivity (Wildman–Crippen MR) is 151 cm³/mol. The van der Waals surface area contributed by atoms with E-state index in [-0.39, 0.29) is 30.0 Å². The van der Waals surface area contributed by atoms with Crippen LogP contribution < -0.4 is 15.0 Å². The third-order valence-electron chi connectivity index (χ3n) is 6.01. The van der Waals surface area contributed by atoms with Crippen LogP contribution in [-0.4, -0.2) is 28.9 Å². The van der Waals surface area contributed by atoms with Crippen molar-refractivity contribution in [3.05, 3.63) is 128 Å². The molecule has 0 spiro atoms. The van der Waals surface area contributed by atoms with E-state index in [9.17, 15) is 23.1 Å². The summed E-state index contributed by atoms with van der Waals surface area (Å²) in [5, 5.41) is 15.3. The zero-order valence-corrected chi connectivity index (χ0v) is 23.4. The van der Waals surface area contributed by atoms with Gasteiger partial charge in [-0.3, -0.25) is 4.79 Å². The molecule has 4 rings (SSSR count). The number of pyridine rings is 1. The molecule has 3 aromatic carbocycles. The van der Waals surface area contributed by atoms with E-state index >= 15 is 0 Å². The van der Waals surface area contributed by atoms with Crippen molar-refractivity contribution in [1.29, 1.82) is 0 Å². The smallest absolute Gasteiger partial charge is 0.497 e. The Bertz CT molecular complexity index is 1540. The number of aliphatic hydroxyl groups excluding tert-OH is 1. The van der Waals surface area contributed by atoms with Crippen molar-refractivity contribution in [2.45, 2.75) is 32.0 Å². The zero-order chi connectivity index (χ0) is 29.4. The molecule has 11 heteroatoms. The highest BCUT2D eigenvalue weighted by Crippen LogP contribution is 2.25. The second kappa shape index (κ2) is 13.5. The molecule has 0 aliphatic rings. The fourth-order valence-electron chi connectivity index (χ4n) is 3.97. The van der Waals surface area contributed by atoms with Crippen LogP contribution in [0.1, 0.15) is 34.8 Å². The molecule has 1 N–H and O–H groups in total. The monoisotopic (exact) mass is 630 g/mol. The van der Waals surface area contributed by atoms with Crippen LogP contribution in [0.15, 0.2) is 106 Å². The minimum absolute atomic E-state index is 0.0445. The van der Waals surface area contributed by atoms with Gasteiger partial charge < -0.3 is 24.0 Å². The van der Waals surface area contributed by atoms with Gasteiger partial charge >= 0.3 is 6.36 Å². The number of aliphatic hydroxyl groups is 1. The Morgan fingerprint density at radius 2 is 1.68 bits per heavy atom. The third-order valence-corrected chi connectivity index (χ3v) is 6.50. The molecule has 1 unspecified atom stereocenters. The molecule has 0 saturated heterocycles. The third kappa shape index (κ3) is 8.95. The van der Waals surface area contributed by atoms with Crippen molar-refractivity contribution in [3.8, 4) is 11.5 Å². The van der Waals surface area contributed by atoms with Crippen molar-refractivity contribution in [2.24, 2.45) is 5.16 Å². The molecule has 1 aromatic heterocycles. The lowest BCUT2D eigenvalue weighted by Gasteiger charge is -2.16. The number of halogens is 4. The van der Waals surface area contributed by atoms with Gasteiger partial charge in [-0.05, 0) is 76.9 Å². The summed E-state index contributed by atoms with van der Waals surface area (Å²) < 4.78 is 49.3. The molecule has 0 amide bonds. The van der Waals surface area contributed by atoms with Gasteiger partial charge in [0.25, 0.3) is 5.56 Å². The predicted octanol–water partition coefficient (Wildman–Crippen LogP) is 6.61. The first-order valence-corrected chi connectivity index (χ1v) is 13.2. The SMILES string of the molecule is COc1ccc(CON=C(CC(O)c2ccc(=O)n(Cc3cccc(Br)c3)c2)c2ccc(OC(F)(F)F)cc2)cc1. The van der Waals surface area contributed by atoms with Crippen molar-refractivity contribution in [2.75, 3.05) is 7.11 Å². The minimum Gasteiger partial charge on any atom is -0.497 e. The number of nitrogens with zero attached hydrogens (tertiary/aromatic N) is 2.